The fraction of sp³-hybridized carbons (Fsp3) is 0.227. The average molecular weight is 492 g/mol. The largest absolute Gasteiger partial charge is 0.366 e. The molecule has 166 valence electrons. The van der Waals surface area contributed by atoms with Gasteiger partial charge in [0.2, 0.25) is 5.91 Å². The fourth-order valence-electron chi connectivity index (χ4n) is 3.39. The Morgan fingerprint density at radius 1 is 1.03 bits per heavy atom. The Bertz CT molecular complexity index is 1110. The van der Waals surface area contributed by atoms with Gasteiger partial charge in [-0.3, -0.25) is 4.79 Å². The molecule has 4 rings (SSSR count). The monoisotopic (exact) mass is 491 g/mol. The first-order chi connectivity index (χ1) is 15.5. The molecule has 0 bridgehead atoms. The zero-order chi connectivity index (χ0) is 22.5. The van der Waals surface area contributed by atoms with Gasteiger partial charge in [0.25, 0.3) is 0 Å². The highest BCUT2D eigenvalue weighted by Gasteiger charge is 2.20. The van der Waals surface area contributed by atoms with Crippen molar-refractivity contribution in [1.82, 2.24) is 9.97 Å². The molecule has 1 aromatic heterocycles. The van der Waals surface area contributed by atoms with Crippen LogP contribution in [0.25, 0.3) is 0 Å². The number of carbonyl (C=O) groups is 1. The van der Waals surface area contributed by atoms with Crippen LogP contribution in [0.15, 0.2) is 59.9 Å². The van der Waals surface area contributed by atoms with Gasteiger partial charge < -0.3 is 15.1 Å². The van der Waals surface area contributed by atoms with Crippen LogP contribution in [0.5, 0.6) is 0 Å². The minimum absolute atomic E-state index is 0.167. The first-order valence-corrected chi connectivity index (χ1v) is 11.7. The van der Waals surface area contributed by atoms with Gasteiger partial charge in [-0.2, -0.15) is 0 Å². The van der Waals surface area contributed by atoms with Crippen LogP contribution in [0.1, 0.15) is 0 Å². The van der Waals surface area contributed by atoms with Crippen molar-refractivity contribution in [2.45, 2.75) is 5.03 Å². The molecule has 0 unspecified atom stereocenters. The summed E-state index contributed by atoms with van der Waals surface area (Å²) in [4.78, 5) is 25.1. The van der Waals surface area contributed by atoms with Crippen LogP contribution >= 0.6 is 35.0 Å². The second-order valence-electron chi connectivity index (χ2n) is 7.08. The minimum atomic E-state index is -0.210. The summed E-state index contributed by atoms with van der Waals surface area (Å²) in [7, 11) is 0. The molecule has 2 aromatic carbocycles. The Kier molecular flexibility index (Phi) is 7.34. The molecule has 2 heterocycles. The van der Waals surface area contributed by atoms with Crippen LogP contribution in [0, 0.1) is 5.82 Å². The van der Waals surface area contributed by atoms with E-state index in [2.05, 4.69) is 20.2 Å². The molecule has 1 N–H and O–H groups in total. The number of benzene rings is 2. The molecule has 1 aliphatic rings. The standard InChI is InChI=1S/C22H20Cl2FN5OS/c23-15-4-3-6-17(22(15)24)28-20(31)13-32-21-12-19(26-14-27-21)30-10-8-29(9-11-30)18-7-2-1-5-16(18)25/h1-7,12,14H,8-11,13H2,(H,28,31). The number of amides is 1. The minimum Gasteiger partial charge on any atom is -0.366 e. The number of halogens is 3. The molecule has 0 atom stereocenters. The van der Waals surface area contributed by atoms with Crippen molar-refractivity contribution in [2.24, 2.45) is 0 Å². The molecule has 1 fully saturated rings. The molecule has 32 heavy (non-hydrogen) atoms. The van der Waals surface area contributed by atoms with Gasteiger partial charge in [0.05, 0.1) is 27.2 Å². The number of nitrogens with zero attached hydrogens (tertiary/aromatic N) is 4. The summed E-state index contributed by atoms with van der Waals surface area (Å²) in [5.41, 5.74) is 1.10. The molecule has 0 aliphatic carbocycles. The summed E-state index contributed by atoms with van der Waals surface area (Å²) in [5.74, 6) is 0.534. The summed E-state index contributed by atoms with van der Waals surface area (Å²) in [5, 5.41) is 4.15. The molecule has 10 heteroatoms. The maximum absolute atomic E-state index is 14.1. The number of anilines is 3. The van der Waals surface area contributed by atoms with Gasteiger partial charge in [-0.1, -0.05) is 53.2 Å². The highest BCUT2D eigenvalue weighted by Crippen LogP contribution is 2.30. The van der Waals surface area contributed by atoms with E-state index < -0.39 is 0 Å². The van der Waals surface area contributed by atoms with E-state index in [0.29, 0.717) is 52.6 Å². The lowest BCUT2D eigenvalue weighted by atomic mass is 10.2. The summed E-state index contributed by atoms with van der Waals surface area (Å²) < 4.78 is 14.1. The number of nitrogens with one attached hydrogen (secondary N) is 1. The van der Waals surface area contributed by atoms with E-state index in [1.54, 1.807) is 30.3 Å². The Morgan fingerprint density at radius 2 is 1.78 bits per heavy atom. The van der Waals surface area contributed by atoms with E-state index in [9.17, 15) is 9.18 Å². The smallest absolute Gasteiger partial charge is 0.234 e. The zero-order valence-electron chi connectivity index (χ0n) is 17.0. The van der Waals surface area contributed by atoms with Gasteiger partial charge in [0.1, 0.15) is 23.0 Å². The lowest BCUT2D eigenvalue weighted by Crippen LogP contribution is -2.47. The maximum Gasteiger partial charge on any atom is 0.234 e. The first-order valence-electron chi connectivity index (χ1n) is 9.94. The molecule has 0 radical (unpaired) electrons. The molecule has 1 aliphatic heterocycles. The Hall–Kier alpha value is -2.55. The lowest BCUT2D eigenvalue weighted by molar-refractivity contribution is -0.113. The molecular formula is C22H20Cl2FN5OS. The number of thioether (sulfide) groups is 1. The molecular weight excluding hydrogens is 472 g/mol. The van der Waals surface area contributed by atoms with Gasteiger partial charge >= 0.3 is 0 Å². The van der Waals surface area contributed by atoms with E-state index in [-0.39, 0.29) is 17.5 Å². The maximum atomic E-state index is 14.1. The van der Waals surface area contributed by atoms with Gasteiger partial charge in [0, 0.05) is 32.2 Å². The number of piperazine rings is 1. The van der Waals surface area contributed by atoms with Gasteiger partial charge in [-0.25, -0.2) is 14.4 Å². The van der Waals surface area contributed by atoms with Gasteiger partial charge in [-0.15, -0.1) is 0 Å². The number of para-hydroxylation sites is 1. The number of carbonyl (C=O) groups excluding carboxylic acids is 1. The molecule has 6 nitrogen and oxygen atoms in total. The Balaban J connectivity index is 1.32. The normalized spacial score (nSPS) is 13.8. The van der Waals surface area contributed by atoms with Gasteiger partial charge in [0.15, 0.2) is 0 Å². The topological polar surface area (TPSA) is 61.4 Å². The number of aromatic nitrogens is 2. The first kappa shape index (κ1) is 22.6. The summed E-state index contributed by atoms with van der Waals surface area (Å²) >= 11 is 13.4. The van der Waals surface area contributed by atoms with Crippen LogP contribution < -0.4 is 15.1 Å². The predicted molar refractivity (Wildman–Crippen MR) is 129 cm³/mol. The van der Waals surface area contributed by atoms with Gasteiger partial charge in [-0.05, 0) is 24.3 Å². The van der Waals surface area contributed by atoms with Crippen LogP contribution in [0.3, 0.4) is 0 Å². The lowest BCUT2D eigenvalue weighted by Gasteiger charge is -2.36. The number of hydrogen-bond acceptors (Lipinski definition) is 6. The Labute approximate surface area is 199 Å². The number of hydrogen-bond donors (Lipinski definition) is 1. The predicted octanol–water partition coefficient (Wildman–Crippen LogP) is 4.98. The highest BCUT2D eigenvalue weighted by atomic mass is 35.5. The average Bonchev–Trinajstić information content (AvgIpc) is 2.81. The van der Waals surface area contributed by atoms with Crippen molar-refractivity contribution in [3.63, 3.8) is 0 Å². The second kappa shape index (κ2) is 10.4. The molecule has 1 amide bonds. The summed E-state index contributed by atoms with van der Waals surface area (Å²) in [6.07, 6.45) is 1.49. The van der Waals surface area contributed by atoms with E-state index >= 15 is 0 Å². The molecule has 3 aromatic rings. The molecule has 1 saturated heterocycles. The summed E-state index contributed by atoms with van der Waals surface area (Å²) in [6.45, 7) is 2.80. The highest BCUT2D eigenvalue weighted by molar-refractivity contribution is 7.99. The van der Waals surface area contributed by atoms with Crippen LogP contribution in [-0.4, -0.2) is 47.8 Å². The third-order valence-electron chi connectivity index (χ3n) is 5.00. The SMILES string of the molecule is O=C(CSc1cc(N2CCN(c3ccccc3F)CC2)ncn1)Nc1cccc(Cl)c1Cl. The van der Waals surface area contributed by atoms with Crippen molar-refractivity contribution in [3.05, 3.63) is 70.7 Å². The van der Waals surface area contributed by atoms with Crippen molar-refractivity contribution >= 4 is 58.1 Å². The molecule has 0 spiro atoms. The van der Waals surface area contributed by atoms with Crippen molar-refractivity contribution in [3.8, 4) is 0 Å². The third kappa shape index (κ3) is 5.43. The Morgan fingerprint density at radius 3 is 2.56 bits per heavy atom. The molecule has 0 saturated carbocycles. The number of rotatable bonds is 6. The van der Waals surface area contributed by atoms with Crippen LogP contribution in [0.2, 0.25) is 10.0 Å². The van der Waals surface area contributed by atoms with E-state index in [1.165, 1.54) is 24.2 Å². The zero-order valence-corrected chi connectivity index (χ0v) is 19.3. The van der Waals surface area contributed by atoms with Crippen molar-refractivity contribution in [1.29, 1.82) is 0 Å². The third-order valence-corrected chi connectivity index (χ3v) is 6.75. The van der Waals surface area contributed by atoms with E-state index in [4.69, 9.17) is 23.2 Å². The van der Waals surface area contributed by atoms with Crippen molar-refractivity contribution < 1.29 is 9.18 Å². The van der Waals surface area contributed by atoms with Crippen LogP contribution in [0.4, 0.5) is 21.6 Å². The van der Waals surface area contributed by atoms with E-state index in [1.807, 2.05) is 17.0 Å². The second-order valence-corrected chi connectivity index (χ2v) is 8.86. The van der Waals surface area contributed by atoms with E-state index in [0.717, 1.165) is 5.82 Å². The van der Waals surface area contributed by atoms with Crippen molar-refractivity contribution in [2.75, 3.05) is 47.0 Å². The summed E-state index contributed by atoms with van der Waals surface area (Å²) in [6, 6.07) is 13.8. The quantitative estimate of drug-likeness (QED) is 0.387. The fourth-order valence-corrected chi connectivity index (χ4v) is 4.40. The van der Waals surface area contributed by atoms with Crippen LogP contribution in [-0.2, 0) is 4.79 Å².